The summed E-state index contributed by atoms with van der Waals surface area (Å²) >= 11 is 0. The van der Waals surface area contributed by atoms with Crippen LogP contribution < -0.4 is 5.32 Å². The standard InChI is InChI=1S/C20H31FN2O.C7H8.Y/c1-5-18(23(6-2)11-9-7-8-10-12-23)20(24)22-19-15(3)13-17(21)14-16(19)4;1-7-5-3-2-4-6-7;/h13-14,18H,5-12H2,1-4H3;2-6H,1H3;/p+1. The number of nitrogens with one attached hydrogen (secondary N) is 1. The van der Waals surface area contributed by atoms with E-state index in [0.29, 0.717) is 0 Å². The van der Waals surface area contributed by atoms with Gasteiger partial charge in [0.15, 0.2) is 6.04 Å². The number of anilines is 1. The molecule has 3 rings (SSSR count). The van der Waals surface area contributed by atoms with Crippen molar-refractivity contribution in [1.29, 1.82) is 0 Å². The van der Waals surface area contributed by atoms with Crippen molar-refractivity contribution in [3.05, 3.63) is 65.0 Å². The van der Waals surface area contributed by atoms with Crippen molar-refractivity contribution < 1.29 is 46.4 Å². The molecule has 1 aliphatic rings. The third-order valence-electron chi connectivity index (χ3n) is 6.62. The Morgan fingerprint density at radius 2 is 1.50 bits per heavy atom. The zero-order chi connectivity index (χ0) is 22.9. The number of aryl methyl sites for hydroxylation is 3. The molecule has 0 aliphatic carbocycles. The van der Waals surface area contributed by atoms with Crippen molar-refractivity contribution in [3.8, 4) is 0 Å². The van der Waals surface area contributed by atoms with Gasteiger partial charge < -0.3 is 9.80 Å². The van der Waals surface area contributed by atoms with Gasteiger partial charge in [0.25, 0.3) is 5.91 Å². The minimum atomic E-state index is -0.250. The van der Waals surface area contributed by atoms with Crippen molar-refractivity contribution in [2.45, 2.75) is 72.8 Å². The Hall–Kier alpha value is -1.10. The first-order valence-electron chi connectivity index (χ1n) is 11.8. The number of hydrogen-bond acceptors (Lipinski definition) is 1. The average Bonchev–Trinajstić information content (AvgIpc) is 2.99. The van der Waals surface area contributed by atoms with E-state index in [-0.39, 0.29) is 50.5 Å². The Bertz CT molecular complexity index is 810. The second-order valence-electron chi connectivity index (χ2n) is 8.88. The molecule has 1 radical (unpaired) electrons. The van der Waals surface area contributed by atoms with Crippen molar-refractivity contribution in [1.82, 2.24) is 0 Å². The van der Waals surface area contributed by atoms with Gasteiger partial charge in [0.05, 0.1) is 19.6 Å². The molecule has 1 amide bonds. The van der Waals surface area contributed by atoms with Gasteiger partial charge >= 0.3 is 0 Å². The molecule has 1 saturated heterocycles. The van der Waals surface area contributed by atoms with Crippen molar-refractivity contribution in [3.63, 3.8) is 0 Å². The third kappa shape index (κ3) is 8.04. The minimum absolute atomic E-state index is 0. The Balaban J connectivity index is 0.000000545. The summed E-state index contributed by atoms with van der Waals surface area (Å²) in [5.41, 5.74) is 3.66. The number of rotatable bonds is 5. The van der Waals surface area contributed by atoms with Crippen LogP contribution in [-0.4, -0.2) is 36.1 Å². The number of quaternary nitrogens is 1. The normalized spacial score (nSPS) is 15.9. The Labute approximate surface area is 219 Å². The zero-order valence-electron chi connectivity index (χ0n) is 20.6. The molecule has 1 fully saturated rings. The summed E-state index contributed by atoms with van der Waals surface area (Å²) in [6.07, 6.45) is 5.78. The van der Waals surface area contributed by atoms with E-state index in [1.807, 2.05) is 32.0 Å². The first kappa shape index (κ1) is 28.9. The van der Waals surface area contributed by atoms with E-state index in [1.54, 1.807) is 0 Å². The molecule has 173 valence electrons. The number of benzene rings is 2. The minimum Gasteiger partial charge on any atom is -0.320 e. The summed E-state index contributed by atoms with van der Waals surface area (Å²) in [6, 6.07) is 13.2. The number of likely N-dealkylation sites (tertiary alicyclic amines) is 1. The number of carbonyl (C=O) groups excluding carboxylic acids is 1. The van der Waals surface area contributed by atoms with Crippen LogP contribution in [0.1, 0.15) is 62.6 Å². The quantitative estimate of drug-likeness (QED) is 0.448. The van der Waals surface area contributed by atoms with Gasteiger partial charge in [-0.05, 0) is 76.6 Å². The van der Waals surface area contributed by atoms with Gasteiger partial charge in [-0.1, -0.05) is 42.8 Å². The van der Waals surface area contributed by atoms with E-state index < -0.39 is 0 Å². The van der Waals surface area contributed by atoms with Crippen LogP contribution in [0.2, 0.25) is 0 Å². The van der Waals surface area contributed by atoms with Crippen LogP contribution in [0.4, 0.5) is 10.1 Å². The molecule has 2 aromatic carbocycles. The molecule has 5 heteroatoms. The smallest absolute Gasteiger partial charge is 0.282 e. The molecular formula is C27H40FN2OY+. The van der Waals surface area contributed by atoms with Crippen molar-refractivity contribution in [2.75, 3.05) is 25.0 Å². The first-order valence-corrected chi connectivity index (χ1v) is 11.8. The third-order valence-corrected chi connectivity index (χ3v) is 6.62. The number of nitrogens with zero attached hydrogens (tertiary/aromatic N) is 1. The molecule has 1 unspecified atom stereocenters. The summed E-state index contributed by atoms with van der Waals surface area (Å²) in [5.74, 6) is -0.168. The number of amides is 1. The maximum Gasteiger partial charge on any atom is 0.282 e. The number of hydrogen-bond donors (Lipinski definition) is 1. The molecule has 2 aromatic rings. The average molecular weight is 517 g/mol. The molecule has 3 nitrogen and oxygen atoms in total. The first-order chi connectivity index (χ1) is 14.8. The molecule has 32 heavy (non-hydrogen) atoms. The van der Waals surface area contributed by atoms with Gasteiger partial charge in [0, 0.05) is 44.8 Å². The van der Waals surface area contributed by atoms with E-state index in [0.717, 1.165) is 47.4 Å². The molecule has 1 atom stereocenters. The van der Waals surface area contributed by atoms with Crippen LogP contribution in [0.3, 0.4) is 0 Å². The van der Waals surface area contributed by atoms with Gasteiger partial charge in [-0.2, -0.15) is 0 Å². The molecule has 0 bridgehead atoms. The van der Waals surface area contributed by atoms with Gasteiger partial charge in [-0.3, -0.25) is 4.79 Å². The molecular weight excluding hydrogens is 476 g/mol. The summed E-state index contributed by atoms with van der Waals surface area (Å²) in [6.45, 7) is 13.3. The molecule has 1 N–H and O–H groups in total. The molecule has 0 spiro atoms. The van der Waals surface area contributed by atoms with E-state index in [1.165, 1.54) is 43.4 Å². The molecule has 0 aromatic heterocycles. The second-order valence-corrected chi connectivity index (χ2v) is 8.88. The second kappa shape index (κ2) is 14.2. The Kier molecular flexibility index (Phi) is 12.9. The zero-order valence-corrected chi connectivity index (χ0v) is 23.4. The number of likely N-dealkylation sites (N-methyl/N-ethyl adjacent to an activating group) is 1. The maximum atomic E-state index is 13.5. The van der Waals surface area contributed by atoms with E-state index >= 15 is 0 Å². The molecule has 1 aliphatic heterocycles. The Morgan fingerprint density at radius 3 is 1.91 bits per heavy atom. The van der Waals surface area contributed by atoms with Gasteiger partial charge in [-0.25, -0.2) is 4.39 Å². The van der Waals surface area contributed by atoms with Crippen LogP contribution in [0, 0.1) is 26.6 Å². The van der Waals surface area contributed by atoms with Gasteiger partial charge in [0.1, 0.15) is 5.82 Å². The van der Waals surface area contributed by atoms with Crippen LogP contribution in [0.15, 0.2) is 42.5 Å². The van der Waals surface area contributed by atoms with E-state index in [2.05, 4.69) is 38.2 Å². The summed E-state index contributed by atoms with van der Waals surface area (Å²) in [4.78, 5) is 13.1. The molecule has 0 saturated carbocycles. The van der Waals surface area contributed by atoms with Crippen LogP contribution in [0.5, 0.6) is 0 Å². The fraction of sp³-hybridized carbons (Fsp3) is 0.519. The largest absolute Gasteiger partial charge is 0.320 e. The maximum absolute atomic E-state index is 13.5. The monoisotopic (exact) mass is 516 g/mol. The van der Waals surface area contributed by atoms with Crippen LogP contribution in [-0.2, 0) is 37.5 Å². The fourth-order valence-corrected chi connectivity index (χ4v) is 4.84. The van der Waals surface area contributed by atoms with Gasteiger partial charge in [0.2, 0.25) is 0 Å². The fourth-order valence-electron chi connectivity index (χ4n) is 4.84. The predicted octanol–water partition coefficient (Wildman–Crippen LogP) is 6.56. The number of carbonyl (C=O) groups is 1. The van der Waals surface area contributed by atoms with Crippen molar-refractivity contribution in [2.24, 2.45) is 0 Å². The van der Waals surface area contributed by atoms with Crippen molar-refractivity contribution >= 4 is 11.6 Å². The van der Waals surface area contributed by atoms with Crippen LogP contribution in [0.25, 0.3) is 0 Å². The number of halogens is 1. The summed E-state index contributed by atoms with van der Waals surface area (Å²) < 4.78 is 14.4. The van der Waals surface area contributed by atoms with E-state index in [4.69, 9.17) is 0 Å². The van der Waals surface area contributed by atoms with Crippen LogP contribution >= 0.6 is 0 Å². The summed E-state index contributed by atoms with van der Waals surface area (Å²) in [7, 11) is 0. The molecule has 1 heterocycles. The SMILES string of the molecule is CCC(C(=O)Nc1c(C)cc(F)cc1C)[N+]1(CC)CCCCCC1.Cc1ccccc1.[Y]. The predicted molar refractivity (Wildman–Crippen MR) is 129 cm³/mol. The summed E-state index contributed by atoms with van der Waals surface area (Å²) in [5, 5.41) is 3.11. The Morgan fingerprint density at radius 1 is 0.969 bits per heavy atom. The van der Waals surface area contributed by atoms with E-state index in [9.17, 15) is 9.18 Å². The van der Waals surface area contributed by atoms with Gasteiger partial charge in [-0.15, -0.1) is 0 Å². The topological polar surface area (TPSA) is 29.1 Å².